The van der Waals surface area contributed by atoms with Gasteiger partial charge in [0.1, 0.15) is 11.6 Å². The lowest BCUT2D eigenvalue weighted by atomic mass is 10.0. The first kappa shape index (κ1) is 12.2. The second-order valence-electron chi connectivity index (χ2n) is 5.31. The van der Waals surface area contributed by atoms with Crippen molar-refractivity contribution >= 4 is 17.7 Å². The van der Waals surface area contributed by atoms with Crippen LogP contribution in [0.3, 0.4) is 0 Å². The summed E-state index contributed by atoms with van der Waals surface area (Å²) in [5, 5.41) is 0.793. The van der Waals surface area contributed by atoms with Crippen LogP contribution in [0.25, 0.3) is 0 Å². The van der Waals surface area contributed by atoms with Gasteiger partial charge in [0.05, 0.1) is 5.75 Å². The largest absolute Gasteiger partial charge is 0.368 e. The zero-order valence-electron chi connectivity index (χ0n) is 10.6. The Labute approximate surface area is 112 Å². The molecule has 3 rings (SSSR count). The third-order valence-corrected chi connectivity index (χ3v) is 5.03. The zero-order valence-corrected chi connectivity index (χ0v) is 11.5. The van der Waals surface area contributed by atoms with Crippen molar-refractivity contribution in [2.24, 2.45) is 0 Å². The first-order chi connectivity index (χ1) is 8.81. The Morgan fingerprint density at radius 1 is 1.00 bits per heavy atom. The molecule has 0 bridgehead atoms. The molecule has 98 valence electrons. The summed E-state index contributed by atoms with van der Waals surface area (Å²) < 4.78 is 0. The lowest BCUT2D eigenvalue weighted by molar-refractivity contribution is 0.516. The van der Waals surface area contributed by atoms with Crippen molar-refractivity contribution in [3.05, 3.63) is 11.6 Å². The molecule has 1 heterocycles. The molecule has 0 radical (unpaired) electrons. The maximum atomic E-state index is 5.76. The predicted molar refractivity (Wildman–Crippen MR) is 74.4 cm³/mol. The first-order valence-electron chi connectivity index (χ1n) is 6.93. The van der Waals surface area contributed by atoms with E-state index < -0.39 is 0 Å². The molecular formula is C13H20N4S. The predicted octanol–water partition coefficient (Wildman–Crippen LogP) is 2.90. The molecule has 0 aromatic carbocycles. The van der Waals surface area contributed by atoms with Crippen LogP contribution in [0.4, 0.5) is 5.95 Å². The zero-order chi connectivity index (χ0) is 12.4. The van der Waals surface area contributed by atoms with Crippen LogP contribution in [0.2, 0.25) is 0 Å². The summed E-state index contributed by atoms with van der Waals surface area (Å²) in [5.74, 6) is 3.62. The minimum Gasteiger partial charge on any atom is -0.368 e. The Morgan fingerprint density at radius 2 is 1.78 bits per heavy atom. The highest BCUT2D eigenvalue weighted by Crippen LogP contribution is 2.38. The molecule has 0 unspecified atom stereocenters. The molecule has 0 spiro atoms. The van der Waals surface area contributed by atoms with Crippen LogP contribution in [-0.4, -0.2) is 20.2 Å². The topological polar surface area (TPSA) is 64.7 Å². The molecule has 0 amide bonds. The maximum absolute atomic E-state index is 5.76. The second-order valence-corrected chi connectivity index (χ2v) is 6.60. The molecule has 0 atom stereocenters. The molecule has 5 heteroatoms. The maximum Gasteiger partial charge on any atom is 0.223 e. The summed E-state index contributed by atoms with van der Waals surface area (Å²) in [4.78, 5) is 13.1. The summed E-state index contributed by atoms with van der Waals surface area (Å²) in [6, 6.07) is 0. The number of hydrogen-bond acceptors (Lipinski definition) is 5. The smallest absolute Gasteiger partial charge is 0.223 e. The molecule has 2 aliphatic rings. The molecule has 2 fully saturated rings. The van der Waals surface area contributed by atoms with Gasteiger partial charge in [-0.15, -0.1) is 0 Å². The van der Waals surface area contributed by atoms with Crippen LogP contribution in [0.1, 0.15) is 62.5 Å². The van der Waals surface area contributed by atoms with Crippen LogP contribution < -0.4 is 5.73 Å². The third kappa shape index (κ3) is 3.13. The van der Waals surface area contributed by atoms with Gasteiger partial charge in [-0.25, -0.2) is 4.98 Å². The van der Waals surface area contributed by atoms with Crippen LogP contribution in [-0.2, 0) is 5.75 Å². The standard InChI is InChI=1S/C13H20N4S/c14-13-16-11(15-12(17-13)9-6-7-9)8-18-10-4-2-1-3-5-10/h9-10H,1-8H2,(H2,14,15,16,17). The number of rotatable bonds is 4. The first-order valence-corrected chi connectivity index (χ1v) is 7.98. The Balaban J connectivity index is 1.60. The molecular weight excluding hydrogens is 244 g/mol. The average molecular weight is 264 g/mol. The van der Waals surface area contributed by atoms with E-state index in [-0.39, 0.29) is 0 Å². The van der Waals surface area contributed by atoms with E-state index in [1.165, 1.54) is 44.9 Å². The lowest BCUT2D eigenvalue weighted by Gasteiger charge is -2.20. The minimum absolute atomic E-state index is 0.395. The quantitative estimate of drug-likeness (QED) is 0.905. The van der Waals surface area contributed by atoms with Crippen LogP contribution >= 0.6 is 11.8 Å². The Morgan fingerprint density at radius 3 is 2.50 bits per heavy atom. The van der Waals surface area contributed by atoms with Crippen LogP contribution in [0.5, 0.6) is 0 Å². The fraction of sp³-hybridized carbons (Fsp3) is 0.769. The Kier molecular flexibility index (Phi) is 3.68. The fourth-order valence-electron chi connectivity index (χ4n) is 2.47. The highest BCUT2D eigenvalue weighted by atomic mass is 32.2. The van der Waals surface area contributed by atoms with E-state index in [4.69, 9.17) is 5.73 Å². The van der Waals surface area contributed by atoms with E-state index in [0.717, 1.165) is 22.7 Å². The number of nitrogen functional groups attached to an aromatic ring is 1. The van der Waals surface area contributed by atoms with Gasteiger partial charge in [-0.2, -0.15) is 21.7 Å². The number of thioether (sulfide) groups is 1. The van der Waals surface area contributed by atoms with E-state index >= 15 is 0 Å². The Bertz CT molecular complexity index is 413. The molecule has 18 heavy (non-hydrogen) atoms. The molecule has 1 aromatic rings. The van der Waals surface area contributed by atoms with Crippen molar-refractivity contribution in [3.8, 4) is 0 Å². The van der Waals surface area contributed by atoms with Crippen LogP contribution in [0.15, 0.2) is 0 Å². The Hall–Kier alpha value is -0.840. The van der Waals surface area contributed by atoms with E-state index in [1.807, 2.05) is 11.8 Å². The van der Waals surface area contributed by atoms with Gasteiger partial charge in [-0.1, -0.05) is 19.3 Å². The van der Waals surface area contributed by atoms with Crippen LogP contribution in [0, 0.1) is 0 Å². The van der Waals surface area contributed by atoms with Gasteiger partial charge >= 0.3 is 0 Å². The molecule has 0 aliphatic heterocycles. The van der Waals surface area contributed by atoms with Gasteiger partial charge in [0.15, 0.2) is 0 Å². The molecule has 2 N–H and O–H groups in total. The minimum atomic E-state index is 0.395. The number of hydrogen-bond donors (Lipinski definition) is 1. The molecule has 1 aromatic heterocycles. The van der Waals surface area contributed by atoms with Gasteiger partial charge in [0, 0.05) is 11.2 Å². The van der Waals surface area contributed by atoms with Crippen molar-refractivity contribution in [2.45, 2.75) is 61.9 Å². The number of anilines is 1. The summed E-state index contributed by atoms with van der Waals surface area (Å²) in [6.45, 7) is 0. The molecule has 2 aliphatic carbocycles. The van der Waals surface area contributed by atoms with Gasteiger partial charge in [-0.3, -0.25) is 0 Å². The van der Waals surface area contributed by atoms with Gasteiger partial charge in [0.25, 0.3) is 0 Å². The lowest BCUT2D eigenvalue weighted by Crippen LogP contribution is -2.10. The highest BCUT2D eigenvalue weighted by Gasteiger charge is 2.27. The summed E-state index contributed by atoms with van der Waals surface area (Å²) in [6.07, 6.45) is 9.27. The van der Waals surface area contributed by atoms with Crippen molar-refractivity contribution < 1.29 is 0 Å². The van der Waals surface area contributed by atoms with Gasteiger partial charge in [0.2, 0.25) is 5.95 Å². The number of nitrogens with zero attached hydrogens (tertiary/aromatic N) is 3. The van der Waals surface area contributed by atoms with Crippen molar-refractivity contribution in [1.82, 2.24) is 15.0 Å². The fourth-order valence-corrected chi connectivity index (χ4v) is 3.65. The normalized spacial score (nSPS) is 21.1. The van der Waals surface area contributed by atoms with Gasteiger partial charge in [-0.05, 0) is 25.7 Å². The van der Waals surface area contributed by atoms with E-state index in [1.54, 1.807) is 0 Å². The van der Waals surface area contributed by atoms with E-state index in [0.29, 0.717) is 11.9 Å². The molecule has 4 nitrogen and oxygen atoms in total. The van der Waals surface area contributed by atoms with E-state index in [2.05, 4.69) is 15.0 Å². The number of nitrogens with two attached hydrogens (primary N) is 1. The molecule has 0 saturated heterocycles. The molecule has 2 saturated carbocycles. The van der Waals surface area contributed by atoms with Gasteiger partial charge < -0.3 is 5.73 Å². The van der Waals surface area contributed by atoms with Crippen molar-refractivity contribution in [1.29, 1.82) is 0 Å². The second kappa shape index (κ2) is 5.43. The third-order valence-electron chi connectivity index (χ3n) is 3.66. The average Bonchev–Trinajstić information content (AvgIpc) is 3.21. The summed E-state index contributed by atoms with van der Waals surface area (Å²) in [5.41, 5.74) is 5.76. The number of aromatic nitrogens is 3. The monoisotopic (exact) mass is 264 g/mol. The SMILES string of the molecule is Nc1nc(CSC2CCCCC2)nc(C2CC2)n1. The summed E-state index contributed by atoms with van der Waals surface area (Å²) >= 11 is 1.99. The van der Waals surface area contributed by atoms with Crippen molar-refractivity contribution in [3.63, 3.8) is 0 Å². The van der Waals surface area contributed by atoms with Crippen molar-refractivity contribution in [2.75, 3.05) is 5.73 Å². The van der Waals surface area contributed by atoms with E-state index in [9.17, 15) is 0 Å². The summed E-state index contributed by atoms with van der Waals surface area (Å²) in [7, 11) is 0. The highest BCUT2D eigenvalue weighted by molar-refractivity contribution is 7.99.